The molecule has 1 aromatic rings. The lowest BCUT2D eigenvalue weighted by molar-refractivity contribution is 0.0525. The molecule has 0 heterocycles. The van der Waals surface area contributed by atoms with Gasteiger partial charge in [0.05, 0.1) is 12.2 Å². The van der Waals surface area contributed by atoms with Crippen molar-refractivity contribution in [2.75, 3.05) is 32.8 Å². The molecular formula is C20H34N2O4. The number of aliphatic hydroxyl groups is 1. The van der Waals surface area contributed by atoms with Gasteiger partial charge in [0.1, 0.15) is 18.5 Å². The summed E-state index contributed by atoms with van der Waals surface area (Å²) in [6.45, 7) is 13.2. The quantitative estimate of drug-likeness (QED) is 0.437. The first-order valence-corrected chi connectivity index (χ1v) is 9.39. The maximum absolute atomic E-state index is 11.7. The van der Waals surface area contributed by atoms with Crippen molar-refractivity contribution in [2.45, 2.75) is 52.8 Å². The van der Waals surface area contributed by atoms with Crippen molar-refractivity contribution in [2.24, 2.45) is 0 Å². The Bertz CT molecular complexity index is 526. The zero-order chi connectivity index (χ0) is 19.5. The van der Waals surface area contributed by atoms with E-state index in [1.54, 1.807) is 31.2 Å². The molecule has 1 atom stereocenters. The topological polar surface area (TPSA) is 71.0 Å². The van der Waals surface area contributed by atoms with E-state index >= 15 is 0 Å². The molecule has 0 spiro atoms. The van der Waals surface area contributed by atoms with Crippen LogP contribution in [0.3, 0.4) is 0 Å². The summed E-state index contributed by atoms with van der Waals surface area (Å²) >= 11 is 0. The number of rotatable bonds is 12. The maximum Gasteiger partial charge on any atom is 0.338 e. The fourth-order valence-electron chi connectivity index (χ4n) is 2.77. The van der Waals surface area contributed by atoms with E-state index in [0.717, 1.165) is 13.1 Å². The molecule has 0 saturated carbocycles. The molecule has 0 radical (unpaired) electrons. The van der Waals surface area contributed by atoms with Crippen molar-refractivity contribution in [3.63, 3.8) is 0 Å². The van der Waals surface area contributed by atoms with Crippen LogP contribution in [-0.2, 0) is 4.74 Å². The minimum atomic E-state index is -0.618. The molecule has 26 heavy (non-hydrogen) atoms. The number of esters is 1. The van der Waals surface area contributed by atoms with Gasteiger partial charge in [-0.05, 0) is 52.8 Å². The first kappa shape index (κ1) is 22.4. The van der Waals surface area contributed by atoms with Crippen LogP contribution in [-0.4, -0.2) is 67.0 Å². The van der Waals surface area contributed by atoms with Gasteiger partial charge in [0.2, 0.25) is 0 Å². The van der Waals surface area contributed by atoms with Crippen LogP contribution in [0.25, 0.3) is 0 Å². The monoisotopic (exact) mass is 366 g/mol. The van der Waals surface area contributed by atoms with Gasteiger partial charge in [-0.3, -0.25) is 4.90 Å². The first-order chi connectivity index (χ1) is 12.3. The molecule has 2 N–H and O–H groups in total. The average molecular weight is 367 g/mol. The van der Waals surface area contributed by atoms with Crippen LogP contribution in [0.2, 0.25) is 0 Å². The second kappa shape index (κ2) is 11.9. The largest absolute Gasteiger partial charge is 0.491 e. The van der Waals surface area contributed by atoms with Gasteiger partial charge >= 0.3 is 5.97 Å². The predicted octanol–water partition coefficient (Wildman–Crippen LogP) is 2.31. The normalized spacial score (nSPS) is 12.7. The van der Waals surface area contributed by atoms with Crippen LogP contribution in [0.4, 0.5) is 0 Å². The number of aliphatic hydroxyl groups excluding tert-OH is 1. The molecule has 6 heteroatoms. The van der Waals surface area contributed by atoms with Gasteiger partial charge in [0, 0.05) is 31.7 Å². The molecule has 0 aliphatic heterocycles. The van der Waals surface area contributed by atoms with E-state index in [4.69, 9.17) is 9.47 Å². The van der Waals surface area contributed by atoms with Gasteiger partial charge in [-0.15, -0.1) is 0 Å². The van der Waals surface area contributed by atoms with Gasteiger partial charge in [0.25, 0.3) is 0 Å². The van der Waals surface area contributed by atoms with Gasteiger partial charge in [-0.25, -0.2) is 4.79 Å². The Hall–Kier alpha value is -1.63. The summed E-state index contributed by atoms with van der Waals surface area (Å²) in [4.78, 5) is 14.1. The lowest BCUT2D eigenvalue weighted by Crippen LogP contribution is -2.43. The number of hydrogen-bond donors (Lipinski definition) is 2. The molecule has 0 saturated heterocycles. The Kier molecular flexibility index (Phi) is 10.2. The van der Waals surface area contributed by atoms with Crippen LogP contribution < -0.4 is 10.1 Å². The molecule has 1 aromatic carbocycles. The zero-order valence-corrected chi connectivity index (χ0v) is 16.7. The summed E-state index contributed by atoms with van der Waals surface area (Å²) < 4.78 is 10.6. The fraction of sp³-hybridized carbons (Fsp3) is 0.650. The van der Waals surface area contributed by atoms with Crippen LogP contribution >= 0.6 is 0 Å². The van der Waals surface area contributed by atoms with E-state index < -0.39 is 6.10 Å². The lowest BCUT2D eigenvalue weighted by Gasteiger charge is -2.30. The van der Waals surface area contributed by atoms with Crippen molar-refractivity contribution in [1.82, 2.24) is 10.2 Å². The van der Waals surface area contributed by atoms with Crippen molar-refractivity contribution in [3.8, 4) is 5.75 Å². The Labute approximate surface area is 157 Å². The smallest absolute Gasteiger partial charge is 0.338 e. The van der Waals surface area contributed by atoms with E-state index in [-0.39, 0.29) is 12.6 Å². The van der Waals surface area contributed by atoms with Crippen LogP contribution in [0.1, 0.15) is 45.0 Å². The van der Waals surface area contributed by atoms with E-state index in [1.807, 2.05) is 0 Å². The molecular weight excluding hydrogens is 332 g/mol. The van der Waals surface area contributed by atoms with E-state index in [9.17, 15) is 9.90 Å². The van der Waals surface area contributed by atoms with Crippen molar-refractivity contribution in [1.29, 1.82) is 0 Å². The van der Waals surface area contributed by atoms with Gasteiger partial charge in [-0.2, -0.15) is 0 Å². The SMILES string of the molecule is CCOC(=O)c1cccc(OCC(O)CNCCN(C(C)C)C(C)C)c1. The van der Waals surface area contributed by atoms with Gasteiger partial charge in [-0.1, -0.05) is 6.07 Å². The number of nitrogens with one attached hydrogen (secondary N) is 1. The summed E-state index contributed by atoms with van der Waals surface area (Å²) in [5.74, 6) is 0.167. The highest BCUT2D eigenvalue weighted by atomic mass is 16.5. The summed E-state index contributed by atoms with van der Waals surface area (Å²) in [6, 6.07) is 7.79. The third kappa shape index (κ3) is 8.17. The van der Waals surface area contributed by atoms with E-state index in [1.165, 1.54) is 0 Å². The minimum absolute atomic E-state index is 0.164. The van der Waals surface area contributed by atoms with Crippen LogP contribution in [0, 0.1) is 0 Å². The summed E-state index contributed by atoms with van der Waals surface area (Å²) in [6.07, 6.45) is -0.618. The summed E-state index contributed by atoms with van der Waals surface area (Å²) in [5.41, 5.74) is 0.444. The average Bonchev–Trinajstić information content (AvgIpc) is 2.59. The highest BCUT2D eigenvalue weighted by molar-refractivity contribution is 5.89. The number of nitrogens with zero attached hydrogens (tertiary/aromatic N) is 1. The molecule has 148 valence electrons. The highest BCUT2D eigenvalue weighted by Crippen LogP contribution is 2.14. The van der Waals surface area contributed by atoms with Crippen molar-refractivity contribution >= 4 is 5.97 Å². The molecule has 0 fully saturated rings. The molecule has 1 rings (SSSR count). The summed E-state index contributed by atoms with van der Waals surface area (Å²) in [7, 11) is 0. The summed E-state index contributed by atoms with van der Waals surface area (Å²) in [5, 5.41) is 13.3. The molecule has 0 aliphatic carbocycles. The first-order valence-electron chi connectivity index (χ1n) is 9.39. The van der Waals surface area contributed by atoms with Crippen molar-refractivity contribution in [3.05, 3.63) is 29.8 Å². The second-order valence-electron chi connectivity index (χ2n) is 6.84. The third-order valence-electron chi connectivity index (χ3n) is 4.04. The third-order valence-corrected chi connectivity index (χ3v) is 4.04. The Morgan fingerprint density at radius 3 is 2.54 bits per heavy atom. The van der Waals surface area contributed by atoms with Crippen molar-refractivity contribution < 1.29 is 19.4 Å². The number of hydrogen-bond acceptors (Lipinski definition) is 6. The Balaban J connectivity index is 2.33. The number of benzene rings is 1. The Morgan fingerprint density at radius 2 is 1.92 bits per heavy atom. The van der Waals surface area contributed by atoms with E-state index in [2.05, 4.69) is 37.9 Å². The second-order valence-corrected chi connectivity index (χ2v) is 6.84. The fourth-order valence-corrected chi connectivity index (χ4v) is 2.77. The highest BCUT2D eigenvalue weighted by Gasteiger charge is 2.13. The number of ether oxygens (including phenoxy) is 2. The van der Waals surface area contributed by atoms with Gasteiger partial charge < -0.3 is 19.9 Å². The lowest BCUT2D eigenvalue weighted by atomic mass is 10.2. The van der Waals surface area contributed by atoms with E-state index in [0.29, 0.717) is 36.5 Å². The molecule has 0 aliphatic rings. The van der Waals surface area contributed by atoms with Gasteiger partial charge in [0.15, 0.2) is 0 Å². The Morgan fingerprint density at radius 1 is 1.23 bits per heavy atom. The zero-order valence-electron chi connectivity index (χ0n) is 16.7. The molecule has 0 bridgehead atoms. The molecule has 1 unspecified atom stereocenters. The molecule has 0 aromatic heterocycles. The molecule has 0 amide bonds. The minimum Gasteiger partial charge on any atom is -0.491 e. The van der Waals surface area contributed by atoms with Crippen LogP contribution in [0.15, 0.2) is 24.3 Å². The van der Waals surface area contributed by atoms with Crippen LogP contribution in [0.5, 0.6) is 5.75 Å². The standard InChI is InChI=1S/C20H34N2O4/c1-6-25-20(24)17-8-7-9-19(12-17)26-14-18(23)13-21-10-11-22(15(2)3)16(4)5/h7-9,12,15-16,18,21,23H,6,10-11,13-14H2,1-5H3. The molecule has 6 nitrogen and oxygen atoms in total. The predicted molar refractivity (Wildman–Crippen MR) is 104 cm³/mol. The number of carbonyl (C=O) groups is 1. The number of carbonyl (C=O) groups excluding carboxylic acids is 1. The maximum atomic E-state index is 11.7.